The van der Waals surface area contributed by atoms with E-state index in [0.717, 1.165) is 12.8 Å². The Hall–Kier alpha value is -1.68. The molecule has 0 heterocycles. The summed E-state index contributed by atoms with van der Waals surface area (Å²) in [6.07, 6.45) is 3.34. The number of ketones is 1. The van der Waals surface area contributed by atoms with Gasteiger partial charge in [0.2, 0.25) is 0 Å². The van der Waals surface area contributed by atoms with Gasteiger partial charge < -0.3 is 10.5 Å². The van der Waals surface area contributed by atoms with Crippen LogP contribution in [0.1, 0.15) is 42.7 Å². The van der Waals surface area contributed by atoms with Gasteiger partial charge in [-0.05, 0) is 36.3 Å². The fourth-order valence-corrected chi connectivity index (χ4v) is 2.82. The minimum atomic E-state index is -0.695. The first-order chi connectivity index (χ1) is 9.61. The van der Waals surface area contributed by atoms with E-state index in [2.05, 4.69) is 16.9 Å². The van der Waals surface area contributed by atoms with Gasteiger partial charge in [-0.2, -0.15) is 0 Å². The van der Waals surface area contributed by atoms with Crippen LogP contribution >= 0.6 is 0 Å². The average Bonchev–Trinajstić information content (AvgIpc) is 2.87. The van der Waals surface area contributed by atoms with Gasteiger partial charge in [-0.1, -0.05) is 24.3 Å². The van der Waals surface area contributed by atoms with Gasteiger partial charge in [-0.15, -0.1) is 0 Å². The third-order valence-electron chi connectivity index (χ3n) is 3.97. The third kappa shape index (κ3) is 3.45. The molecule has 1 aromatic carbocycles. The van der Waals surface area contributed by atoms with E-state index < -0.39 is 12.0 Å². The number of hydrogen-bond donors (Lipinski definition) is 1. The first-order valence-corrected chi connectivity index (χ1v) is 7.04. The molecule has 0 spiro atoms. The standard InChI is InChI=1S/C16H21NO3/c1-20-16(19)15(17)9-8-13(18)10-12-7-6-11-4-2-3-5-14(11)12/h2-5,12,15H,6-10,17H2,1H3/t12-,15-/m0/s1. The molecule has 1 aliphatic carbocycles. The zero-order chi connectivity index (χ0) is 14.5. The summed E-state index contributed by atoms with van der Waals surface area (Å²) in [6, 6.07) is 7.61. The highest BCUT2D eigenvalue weighted by molar-refractivity contribution is 5.81. The third-order valence-corrected chi connectivity index (χ3v) is 3.97. The molecule has 0 aliphatic heterocycles. The van der Waals surface area contributed by atoms with Crippen molar-refractivity contribution in [1.29, 1.82) is 0 Å². The Morgan fingerprint density at radius 1 is 1.40 bits per heavy atom. The Morgan fingerprint density at radius 3 is 2.90 bits per heavy atom. The molecule has 2 atom stereocenters. The molecule has 1 aromatic rings. The second kappa shape index (κ2) is 6.66. The van der Waals surface area contributed by atoms with Crippen LogP contribution in [0.2, 0.25) is 0 Å². The predicted molar refractivity (Wildman–Crippen MR) is 76.4 cm³/mol. The van der Waals surface area contributed by atoms with Gasteiger partial charge >= 0.3 is 5.97 Å². The van der Waals surface area contributed by atoms with Gasteiger partial charge in [0, 0.05) is 12.8 Å². The molecule has 0 saturated heterocycles. The number of carbonyl (C=O) groups excluding carboxylic acids is 2. The number of methoxy groups -OCH3 is 1. The summed E-state index contributed by atoms with van der Waals surface area (Å²) in [4.78, 5) is 23.2. The molecule has 0 bridgehead atoms. The van der Waals surface area contributed by atoms with Crippen LogP contribution in [0.25, 0.3) is 0 Å². The highest BCUT2D eigenvalue weighted by Gasteiger charge is 2.24. The summed E-state index contributed by atoms with van der Waals surface area (Å²) in [5, 5.41) is 0. The number of nitrogens with two attached hydrogens (primary N) is 1. The van der Waals surface area contributed by atoms with Crippen molar-refractivity contribution in [3.63, 3.8) is 0 Å². The van der Waals surface area contributed by atoms with Gasteiger partial charge in [0.25, 0.3) is 0 Å². The van der Waals surface area contributed by atoms with Crippen molar-refractivity contribution in [3.8, 4) is 0 Å². The van der Waals surface area contributed by atoms with E-state index in [0.29, 0.717) is 25.2 Å². The Kier molecular flexibility index (Phi) is 4.90. The summed E-state index contributed by atoms with van der Waals surface area (Å²) < 4.78 is 4.55. The molecule has 2 rings (SSSR count). The maximum absolute atomic E-state index is 12.0. The van der Waals surface area contributed by atoms with Crippen molar-refractivity contribution in [1.82, 2.24) is 0 Å². The Morgan fingerprint density at radius 2 is 2.15 bits per heavy atom. The Labute approximate surface area is 119 Å². The topological polar surface area (TPSA) is 69.4 Å². The van der Waals surface area contributed by atoms with Crippen molar-refractivity contribution in [2.45, 2.75) is 44.1 Å². The van der Waals surface area contributed by atoms with E-state index in [-0.39, 0.29) is 5.78 Å². The number of benzene rings is 1. The smallest absolute Gasteiger partial charge is 0.322 e. The summed E-state index contributed by atoms with van der Waals surface area (Å²) in [5.74, 6) is 0.0446. The number of ether oxygens (including phenoxy) is 1. The maximum atomic E-state index is 12.0. The van der Waals surface area contributed by atoms with Crippen LogP contribution in [0.3, 0.4) is 0 Å². The minimum Gasteiger partial charge on any atom is -0.468 e. The first-order valence-electron chi connectivity index (χ1n) is 7.04. The monoisotopic (exact) mass is 275 g/mol. The molecule has 0 unspecified atom stereocenters. The quantitative estimate of drug-likeness (QED) is 0.806. The summed E-state index contributed by atoms with van der Waals surface area (Å²) >= 11 is 0. The molecule has 20 heavy (non-hydrogen) atoms. The lowest BCUT2D eigenvalue weighted by atomic mass is 9.93. The number of rotatable bonds is 6. The van der Waals surface area contributed by atoms with Crippen LogP contribution in [0.4, 0.5) is 0 Å². The zero-order valence-corrected chi connectivity index (χ0v) is 11.8. The number of hydrogen-bond acceptors (Lipinski definition) is 4. The molecule has 0 fully saturated rings. The van der Waals surface area contributed by atoms with Gasteiger partial charge in [0.15, 0.2) is 0 Å². The van der Waals surface area contributed by atoms with Crippen molar-refractivity contribution in [2.75, 3.05) is 7.11 Å². The molecule has 0 amide bonds. The Bertz CT molecular complexity index is 498. The molecule has 4 nitrogen and oxygen atoms in total. The van der Waals surface area contributed by atoms with Crippen molar-refractivity contribution in [3.05, 3.63) is 35.4 Å². The van der Waals surface area contributed by atoms with E-state index >= 15 is 0 Å². The Balaban J connectivity index is 1.83. The van der Waals surface area contributed by atoms with E-state index in [4.69, 9.17) is 5.73 Å². The summed E-state index contributed by atoms with van der Waals surface area (Å²) in [6.45, 7) is 0. The lowest BCUT2D eigenvalue weighted by Gasteiger charge is -2.12. The SMILES string of the molecule is COC(=O)[C@@H](N)CCC(=O)C[C@@H]1CCc2ccccc21. The van der Waals surface area contributed by atoms with Gasteiger partial charge in [0.05, 0.1) is 7.11 Å². The van der Waals surface area contributed by atoms with E-state index in [9.17, 15) is 9.59 Å². The van der Waals surface area contributed by atoms with Gasteiger partial charge in [-0.3, -0.25) is 9.59 Å². The largest absolute Gasteiger partial charge is 0.468 e. The molecule has 0 saturated carbocycles. The van der Waals surface area contributed by atoms with Crippen LogP contribution in [-0.2, 0) is 20.7 Å². The van der Waals surface area contributed by atoms with E-state index in [1.54, 1.807) is 0 Å². The molecule has 108 valence electrons. The lowest BCUT2D eigenvalue weighted by molar-refractivity contribution is -0.142. The van der Waals surface area contributed by atoms with Gasteiger partial charge in [0.1, 0.15) is 11.8 Å². The van der Waals surface area contributed by atoms with E-state index in [1.165, 1.54) is 18.2 Å². The number of Topliss-reactive ketones (excluding diaryl/α,β-unsaturated/α-hetero) is 1. The predicted octanol–water partition coefficient (Wildman–Crippen LogP) is 1.96. The number of carbonyl (C=O) groups is 2. The molecule has 0 radical (unpaired) electrons. The second-order valence-electron chi connectivity index (χ2n) is 5.35. The molecule has 4 heteroatoms. The van der Waals surface area contributed by atoms with Crippen LogP contribution in [-0.4, -0.2) is 24.9 Å². The lowest BCUT2D eigenvalue weighted by Crippen LogP contribution is -2.32. The molecule has 1 aliphatic rings. The van der Waals surface area contributed by atoms with Gasteiger partial charge in [-0.25, -0.2) is 0 Å². The van der Waals surface area contributed by atoms with Crippen molar-refractivity contribution in [2.24, 2.45) is 5.73 Å². The number of esters is 1. The van der Waals surface area contributed by atoms with E-state index in [1.807, 2.05) is 12.1 Å². The van der Waals surface area contributed by atoms with Crippen molar-refractivity contribution >= 4 is 11.8 Å². The number of fused-ring (bicyclic) bond motifs is 1. The molecular weight excluding hydrogens is 254 g/mol. The summed E-state index contributed by atoms with van der Waals surface area (Å²) in [5.41, 5.74) is 8.30. The van der Waals surface area contributed by atoms with Crippen LogP contribution < -0.4 is 5.73 Å². The highest BCUT2D eigenvalue weighted by Crippen LogP contribution is 2.35. The normalized spacial score (nSPS) is 18.4. The summed E-state index contributed by atoms with van der Waals surface area (Å²) in [7, 11) is 1.31. The molecule has 0 aromatic heterocycles. The minimum absolute atomic E-state index is 0.172. The van der Waals surface area contributed by atoms with Crippen LogP contribution in [0.5, 0.6) is 0 Å². The highest BCUT2D eigenvalue weighted by atomic mass is 16.5. The zero-order valence-electron chi connectivity index (χ0n) is 11.8. The average molecular weight is 275 g/mol. The fourth-order valence-electron chi connectivity index (χ4n) is 2.82. The van der Waals surface area contributed by atoms with Crippen LogP contribution in [0.15, 0.2) is 24.3 Å². The van der Waals surface area contributed by atoms with Crippen molar-refractivity contribution < 1.29 is 14.3 Å². The first kappa shape index (κ1) is 14.7. The fraction of sp³-hybridized carbons (Fsp3) is 0.500. The second-order valence-corrected chi connectivity index (χ2v) is 5.35. The maximum Gasteiger partial charge on any atom is 0.322 e. The number of aryl methyl sites for hydroxylation is 1. The molecule has 2 N–H and O–H groups in total. The van der Waals surface area contributed by atoms with Crippen LogP contribution in [0, 0.1) is 0 Å². The molecular formula is C16H21NO3.